The van der Waals surface area contributed by atoms with E-state index in [0.717, 1.165) is 30.6 Å². The lowest BCUT2D eigenvalue weighted by atomic mass is 9.83. The third-order valence-corrected chi connectivity index (χ3v) is 3.96. The van der Waals surface area contributed by atoms with E-state index in [1.165, 1.54) is 11.1 Å². The molecule has 100 valence electrons. The van der Waals surface area contributed by atoms with Crippen LogP contribution in [0.1, 0.15) is 56.4 Å². The number of aliphatic hydroxyl groups excluding tert-OH is 1. The molecule has 1 aromatic rings. The van der Waals surface area contributed by atoms with E-state index in [9.17, 15) is 5.11 Å². The third-order valence-electron chi connectivity index (χ3n) is 3.96. The molecule has 0 bridgehead atoms. The van der Waals surface area contributed by atoms with Crippen molar-refractivity contribution in [3.05, 3.63) is 28.8 Å². The van der Waals surface area contributed by atoms with Crippen molar-refractivity contribution in [1.82, 2.24) is 0 Å². The largest absolute Gasteiger partial charge is 0.494 e. The Morgan fingerprint density at radius 3 is 2.78 bits per heavy atom. The molecule has 0 aliphatic heterocycles. The number of aliphatic hydroxyl groups is 1. The average Bonchev–Trinajstić information content (AvgIpc) is 2.39. The van der Waals surface area contributed by atoms with E-state index in [0.29, 0.717) is 6.61 Å². The first-order valence-corrected chi connectivity index (χ1v) is 6.88. The quantitative estimate of drug-likeness (QED) is 0.807. The molecule has 0 radical (unpaired) electrons. The van der Waals surface area contributed by atoms with Gasteiger partial charge in [-0.3, -0.25) is 0 Å². The Kier molecular flexibility index (Phi) is 3.67. The van der Waals surface area contributed by atoms with Crippen molar-refractivity contribution in [1.29, 1.82) is 0 Å². The summed E-state index contributed by atoms with van der Waals surface area (Å²) in [7, 11) is 0. The van der Waals surface area contributed by atoms with Crippen molar-refractivity contribution in [2.75, 3.05) is 6.61 Å². The van der Waals surface area contributed by atoms with Crippen molar-refractivity contribution in [3.63, 3.8) is 0 Å². The summed E-state index contributed by atoms with van der Waals surface area (Å²) in [6.07, 6.45) is 2.56. The summed E-state index contributed by atoms with van der Waals surface area (Å²) in [6.45, 7) is 9.23. The number of hydrogen-bond acceptors (Lipinski definition) is 2. The van der Waals surface area contributed by atoms with Crippen LogP contribution in [-0.2, 0) is 6.42 Å². The van der Waals surface area contributed by atoms with E-state index < -0.39 is 0 Å². The lowest BCUT2D eigenvalue weighted by Crippen LogP contribution is -2.13. The second-order valence-corrected chi connectivity index (χ2v) is 6.09. The molecule has 0 fully saturated rings. The minimum Gasteiger partial charge on any atom is -0.494 e. The lowest BCUT2D eigenvalue weighted by molar-refractivity contribution is 0.116. The monoisotopic (exact) mass is 248 g/mol. The van der Waals surface area contributed by atoms with E-state index >= 15 is 0 Å². The van der Waals surface area contributed by atoms with Gasteiger partial charge in [-0.05, 0) is 55.7 Å². The summed E-state index contributed by atoms with van der Waals surface area (Å²) in [6, 6.07) is 4.11. The van der Waals surface area contributed by atoms with Crippen LogP contribution in [0.5, 0.6) is 5.75 Å². The Morgan fingerprint density at radius 2 is 2.11 bits per heavy atom. The number of aryl methyl sites for hydroxylation is 1. The van der Waals surface area contributed by atoms with E-state index in [-0.39, 0.29) is 11.5 Å². The van der Waals surface area contributed by atoms with Crippen LogP contribution in [-0.4, -0.2) is 11.7 Å². The first kappa shape index (κ1) is 13.4. The van der Waals surface area contributed by atoms with E-state index in [2.05, 4.69) is 26.8 Å². The van der Waals surface area contributed by atoms with Crippen LogP contribution in [0.3, 0.4) is 0 Å². The molecule has 1 aliphatic rings. The molecule has 2 heteroatoms. The lowest BCUT2D eigenvalue weighted by Gasteiger charge is -2.24. The maximum absolute atomic E-state index is 10.5. The van der Waals surface area contributed by atoms with E-state index in [4.69, 9.17) is 4.74 Å². The highest BCUT2D eigenvalue weighted by atomic mass is 16.5. The van der Waals surface area contributed by atoms with E-state index in [1.807, 2.05) is 13.0 Å². The van der Waals surface area contributed by atoms with Crippen molar-refractivity contribution in [3.8, 4) is 5.75 Å². The SMILES string of the molecule is CCOc1ccc(C)c2c1CCC(C)(C)CC2O. The maximum atomic E-state index is 10.5. The number of benzene rings is 1. The molecule has 1 unspecified atom stereocenters. The van der Waals surface area contributed by atoms with Gasteiger partial charge in [0.1, 0.15) is 5.75 Å². The summed E-state index contributed by atoms with van der Waals surface area (Å²) in [5, 5.41) is 10.5. The molecular weight excluding hydrogens is 224 g/mol. The van der Waals surface area contributed by atoms with Gasteiger partial charge < -0.3 is 9.84 Å². The summed E-state index contributed by atoms with van der Waals surface area (Å²) < 4.78 is 5.72. The number of hydrogen-bond donors (Lipinski definition) is 1. The molecule has 18 heavy (non-hydrogen) atoms. The summed E-state index contributed by atoms with van der Waals surface area (Å²) in [5.41, 5.74) is 3.69. The van der Waals surface area contributed by atoms with E-state index in [1.54, 1.807) is 0 Å². The molecule has 1 atom stereocenters. The topological polar surface area (TPSA) is 29.5 Å². The van der Waals surface area contributed by atoms with Crippen molar-refractivity contribution < 1.29 is 9.84 Å². The molecule has 0 heterocycles. The molecule has 2 nitrogen and oxygen atoms in total. The molecule has 1 aliphatic carbocycles. The van der Waals surface area contributed by atoms with Crippen LogP contribution >= 0.6 is 0 Å². The Bertz CT molecular complexity index is 435. The zero-order valence-corrected chi connectivity index (χ0v) is 11.9. The normalized spacial score (nSPS) is 22.2. The molecule has 2 rings (SSSR count). The zero-order valence-electron chi connectivity index (χ0n) is 11.9. The minimum atomic E-state index is -0.363. The van der Waals surface area contributed by atoms with Crippen LogP contribution in [0.2, 0.25) is 0 Å². The molecule has 0 spiro atoms. The van der Waals surface area contributed by atoms with Gasteiger partial charge in [-0.1, -0.05) is 19.9 Å². The van der Waals surface area contributed by atoms with Gasteiger partial charge in [0.05, 0.1) is 12.7 Å². The highest BCUT2D eigenvalue weighted by Gasteiger charge is 2.30. The van der Waals surface area contributed by atoms with Gasteiger partial charge in [0.25, 0.3) is 0 Å². The fourth-order valence-electron chi connectivity index (χ4n) is 2.97. The van der Waals surface area contributed by atoms with Crippen molar-refractivity contribution in [2.45, 2.75) is 53.1 Å². The number of rotatable bonds is 2. The maximum Gasteiger partial charge on any atom is 0.122 e. The number of ether oxygens (including phenoxy) is 1. The summed E-state index contributed by atoms with van der Waals surface area (Å²) >= 11 is 0. The second kappa shape index (κ2) is 4.93. The highest BCUT2D eigenvalue weighted by molar-refractivity contribution is 5.47. The smallest absolute Gasteiger partial charge is 0.122 e. The fourth-order valence-corrected chi connectivity index (χ4v) is 2.97. The standard InChI is InChI=1S/C16H24O2/c1-5-18-14-7-6-11(2)15-12(14)8-9-16(3,4)10-13(15)17/h6-7,13,17H,5,8-10H2,1-4H3. The molecule has 1 N–H and O–H groups in total. The van der Waals surface area contributed by atoms with Crippen molar-refractivity contribution >= 4 is 0 Å². The Labute approximate surface area is 110 Å². The molecule has 0 amide bonds. The van der Waals surface area contributed by atoms with Gasteiger partial charge in [0, 0.05) is 5.56 Å². The average molecular weight is 248 g/mol. The molecular formula is C16H24O2. The van der Waals surface area contributed by atoms with Gasteiger partial charge in [0.2, 0.25) is 0 Å². The summed E-state index contributed by atoms with van der Waals surface area (Å²) in [5.74, 6) is 0.954. The van der Waals surface area contributed by atoms with Gasteiger partial charge in [-0.15, -0.1) is 0 Å². The highest BCUT2D eigenvalue weighted by Crippen LogP contribution is 2.43. The summed E-state index contributed by atoms with van der Waals surface area (Å²) in [4.78, 5) is 0. The Balaban J connectivity index is 2.49. The van der Waals surface area contributed by atoms with Gasteiger partial charge in [-0.2, -0.15) is 0 Å². The number of fused-ring (bicyclic) bond motifs is 1. The molecule has 0 saturated heterocycles. The second-order valence-electron chi connectivity index (χ2n) is 6.09. The molecule has 1 aromatic carbocycles. The van der Waals surface area contributed by atoms with Crippen LogP contribution in [0.25, 0.3) is 0 Å². The van der Waals surface area contributed by atoms with Gasteiger partial charge >= 0.3 is 0 Å². The molecule has 0 saturated carbocycles. The van der Waals surface area contributed by atoms with Crippen molar-refractivity contribution in [2.24, 2.45) is 5.41 Å². The van der Waals surface area contributed by atoms with Gasteiger partial charge in [-0.25, -0.2) is 0 Å². The molecule has 0 aromatic heterocycles. The predicted molar refractivity (Wildman–Crippen MR) is 74.0 cm³/mol. The Hall–Kier alpha value is -1.02. The van der Waals surface area contributed by atoms with Crippen LogP contribution in [0.15, 0.2) is 12.1 Å². The first-order valence-electron chi connectivity index (χ1n) is 6.88. The Morgan fingerprint density at radius 1 is 1.39 bits per heavy atom. The predicted octanol–water partition coefficient (Wildman–Crippen LogP) is 3.79. The van der Waals surface area contributed by atoms with Crippen LogP contribution in [0, 0.1) is 12.3 Å². The van der Waals surface area contributed by atoms with Gasteiger partial charge in [0.15, 0.2) is 0 Å². The van der Waals surface area contributed by atoms with Crippen LogP contribution < -0.4 is 4.74 Å². The zero-order chi connectivity index (χ0) is 13.3. The minimum absolute atomic E-state index is 0.189. The first-order chi connectivity index (χ1) is 8.44. The third kappa shape index (κ3) is 2.54. The van der Waals surface area contributed by atoms with Crippen LogP contribution in [0.4, 0.5) is 0 Å². The fraction of sp³-hybridized carbons (Fsp3) is 0.625.